The molecule has 2 saturated heterocycles. The minimum absolute atomic E-state index is 0.00901. The molecule has 2 N–H and O–H groups in total. The van der Waals surface area contributed by atoms with Gasteiger partial charge in [-0.1, -0.05) is 88.4 Å². The minimum atomic E-state index is -0.912. The van der Waals surface area contributed by atoms with E-state index < -0.39 is 30.3 Å². The highest BCUT2D eigenvalue weighted by atomic mass is 16.7. The minimum Gasteiger partial charge on any atom is -0.443 e. The Bertz CT molecular complexity index is 1300. The van der Waals surface area contributed by atoms with Crippen LogP contribution >= 0.6 is 0 Å². The van der Waals surface area contributed by atoms with Crippen LogP contribution in [0.5, 0.6) is 0 Å². The van der Waals surface area contributed by atoms with Crippen LogP contribution in [0, 0.1) is 11.8 Å². The highest BCUT2D eigenvalue weighted by molar-refractivity contribution is 5.92. The maximum atomic E-state index is 13.9. The molecule has 0 bridgehead atoms. The van der Waals surface area contributed by atoms with E-state index in [1.54, 1.807) is 9.80 Å². The molecule has 2 aromatic rings. The van der Waals surface area contributed by atoms with Crippen LogP contribution in [0.4, 0.5) is 4.79 Å². The molecule has 1 saturated carbocycles. The van der Waals surface area contributed by atoms with Crippen molar-refractivity contribution in [3.63, 3.8) is 0 Å². The van der Waals surface area contributed by atoms with Crippen molar-refractivity contribution in [3.05, 3.63) is 48.0 Å². The molecule has 2 aliphatic heterocycles. The van der Waals surface area contributed by atoms with Crippen LogP contribution in [0.2, 0.25) is 0 Å². The summed E-state index contributed by atoms with van der Waals surface area (Å²) in [6, 6.07) is 13.0. The smallest absolute Gasteiger partial charge is 0.436 e. The van der Waals surface area contributed by atoms with Gasteiger partial charge in [0.05, 0.1) is 6.54 Å². The Morgan fingerprint density at radius 2 is 1.76 bits per heavy atom. The Labute approximate surface area is 247 Å². The molecular formula is C32H42N4O6. The number of hydrogen-bond acceptors (Lipinski definition) is 6. The highest BCUT2D eigenvalue weighted by Crippen LogP contribution is 2.35. The van der Waals surface area contributed by atoms with E-state index in [0.717, 1.165) is 47.1 Å². The number of hydrogen-bond donors (Lipinski definition) is 1. The molecule has 4 amide bonds. The summed E-state index contributed by atoms with van der Waals surface area (Å²) in [6.07, 6.45) is 3.76. The Hall–Kier alpha value is -3.66. The first-order valence-corrected chi connectivity index (χ1v) is 15.2. The fraction of sp³-hybridized carbons (Fsp3) is 0.562. The Morgan fingerprint density at radius 3 is 2.50 bits per heavy atom. The zero-order valence-corrected chi connectivity index (χ0v) is 24.6. The Balaban J connectivity index is 1.43. The molecule has 5 rings (SSSR count). The molecule has 2 heterocycles. The molecule has 0 aromatic heterocycles. The van der Waals surface area contributed by atoms with Crippen molar-refractivity contribution < 1.29 is 28.8 Å². The number of nitrogens with two attached hydrogens (primary N) is 1. The van der Waals surface area contributed by atoms with Gasteiger partial charge in [0.2, 0.25) is 11.8 Å². The number of nitrogens with zero attached hydrogens (tertiary/aromatic N) is 3. The van der Waals surface area contributed by atoms with Crippen LogP contribution in [0.1, 0.15) is 70.8 Å². The van der Waals surface area contributed by atoms with Gasteiger partial charge in [-0.25, -0.2) is 4.79 Å². The van der Waals surface area contributed by atoms with Gasteiger partial charge in [-0.05, 0) is 41.0 Å². The SMILES string of the molecule is CC(C)C[C@@H]1ON(C(=O)OCc2cccc3ccccc23)[C@H]2CN(CCC(N)=O)C(=O)[C@H](CC3CCCCC3)N2C1=O. The molecule has 3 fully saturated rings. The maximum absolute atomic E-state index is 13.9. The average Bonchev–Trinajstić information content (AvgIpc) is 2.98. The standard InChI is InChI=1S/C32H42N4O6/c1-21(2)17-27-31(39)35-26(18-22-9-4-3-5-10-22)30(38)34(16-15-28(33)37)19-29(35)36(42-27)32(40)41-20-24-13-8-12-23-11-6-7-14-25(23)24/h6-8,11-14,21-22,26-27,29H,3-5,9-10,15-20H2,1-2H3,(H2,33,37)/t26-,27-,29-/m0/s1. The summed E-state index contributed by atoms with van der Waals surface area (Å²) in [5.74, 6) is -0.589. The number of fused-ring (bicyclic) bond motifs is 2. The number of carbonyl (C=O) groups is 4. The van der Waals surface area contributed by atoms with Gasteiger partial charge < -0.3 is 20.3 Å². The second kappa shape index (κ2) is 13.1. The van der Waals surface area contributed by atoms with E-state index in [0.29, 0.717) is 18.8 Å². The molecular weight excluding hydrogens is 536 g/mol. The number of ether oxygens (including phenoxy) is 1. The first-order valence-electron chi connectivity index (χ1n) is 15.2. The van der Waals surface area contributed by atoms with Crippen molar-refractivity contribution in [1.29, 1.82) is 0 Å². The summed E-state index contributed by atoms with van der Waals surface area (Å²) in [5.41, 5.74) is 6.27. The highest BCUT2D eigenvalue weighted by Gasteiger charge is 2.53. The van der Waals surface area contributed by atoms with Crippen LogP contribution in [0.3, 0.4) is 0 Å². The second-order valence-corrected chi connectivity index (χ2v) is 12.2. The van der Waals surface area contributed by atoms with E-state index in [1.807, 2.05) is 56.3 Å². The number of amides is 4. The van der Waals surface area contributed by atoms with Crippen LogP contribution in [-0.2, 0) is 30.6 Å². The predicted molar refractivity (Wildman–Crippen MR) is 156 cm³/mol. The third-order valence-electron chi connectivity index (χ3n) is 8.68. The van der Waals surface area contributed by atoms with Gasteiger partial charge >= 0.3 is 6.09 Å². The van der Waals surface area contributed by atoms with Crippen LogP contribution in [0.15, 0.2) is 42.5 Å². The van der Waals surface area contributed by atoms with E-state index in [9.17, 15) is 19.2 Å². The first kappa shape index (κ1) is 29.8. The molecule has 0 unspecified atom stereocenters. The lowest BCUT2D eigenvalue weighted by Gasteiger charge is -2.53. The number of carbonyl (C=O) groups excluding carboxylic acids is 4. The summed E-state index contributed by atoms with van der Waals surface area (Å²) in [4.78, 5) is 62.4. The lowest BCUT2D eigenvalue weighted by atomic mass is 9.83. The van der Waals surface area contributed by atoms with Crippen LogP contribution < -0.4 is 5.73 Å². The van der Waals surface area contributed by atoms with Crippen molar-refractivity contribution in [2.45, 2.75) is 90.1 Å². The molecule has 2 aromatic carbocycles. The van der Waals surface area contributed by atoms with E-state index in [-0.39, 0.29) is 43.8 Å². The number of rotatable bonds is 9. The van der Waals surface area contributed by atoms with Gasteiger partial charge in [0.25, 0.3) is 5.91 Å². The van der Waals surface area contributed by atoms with Crippen LogP contribution in [-0.4, -0.2) is 70.1 Å². The fourth-order valence-corrected chi connectivity index (χ4v) is 6.58. The van der Waals surface area contributed by atoms with Crippen molar-refractivity contribution in [3.8, 4) is 0 Å². The fourth-order valence-electron chi connectivity index (χ4n) is 6.58. The second-order valence-electron chi connectivity index (χ2n) is 12.2. The maximum Gasteiger partial charge on any atom is 0.436 e. The molecule has 10 heteroatoms. The van der Waals surface area contributed by atoms with Gasteiger partial charge in [0.15, 0.2) is 12.3 Å². The molecule has 3 atom stereocenters. The summed E-state index contributed by atoms with van der Waals surface area (Å²) in [5, 5.41) is 3.17. The summed E-state index contributed by atoms with van der Waals surface area (Å²) in [7, 11) is 0. The van der Waals surface area contributed by atoms with Gasteiger partial charge in [-0.3, -0.25) is 19.2 Å². The van der Waals surface area contributed by atoms with Crippen molar-refractivity contribution in [1.82, 2.24) is 14.9 Å². The lowest BCUT2D eigenvalue weighted by Crippen LogP contribution is -2.73. The zero-order valence-electron chi connectivity index (χ0n) is 24.6. The van der Waals surface area contributed by atoms with E-state index in [4.69, 9.17) is 15.3 Å². The lowest BCUT2D eigenvalue weighted by molar-refractivity contribution is -0.269. The molecule has 3 aliphatic rings. The van der Waals surface area contributed by atoms with E-state index >= 15 is 0 Å². The molecule has 42 heavy (non-hydrogen) atoms. The van der Waals surface area contributed by atoms with Crippen molar-refractivity contribution in [2.75, 3.05) is 13.1 Å². The monoisotopic (exact) mass is 578 g/mol. The summed E-state index contributed by atoms with van der Waals surface area (Å²) >= 11 is 0. The number of primary amides is 1. The van der Waals surface area contributed by atoms with Gasteiger partial charge in [0, 0.05) is 13.0 Å². The molecule has 10 nitrogen and oxygen atoms in total. The first-order chi connectivity index (χ1) is 20.2. The van der Waals surface area contributed by atoms with Gasteiger partial charge in [-0.15, -0.1) is 0 Å². The number of hydroxylamine groups is 2. The third kappa shape index (κ3) is 6.53. The Kier molecular flexibility index (Phi) is 9.30. The molecule has 226 valence electrons. The van der Waals surface area contributed by atoms with E-state index in [1.165, 1.54) is 6.42 Å². The third-order valence-corrected chi connectivity index (χ3v) is 8.68. The Morgan fingerprint density at radius 1 is 1.02 bits per heavy atom. The molecule has 1 aliphatic carbocycles. The molecule has 0 radical (unpaired) electrons. The van der Waals surface area contributed by atoms with Gasteiger partial charge in [-0.2, -0.15) is 5.06 Å². The summed E-state index contributed by atoms with van der Waals surface area (Å²) in [6.45, 7) is 4.11. The van der Waals surface area contributed by atoms with Crippen molar-refractivity contribution in [2.24, 2.45) is 17.6 Å². The largest absolute Gasteiger partial charge is 0.443 e. The number of benzene rings is 2. The summed E-state index contributed by atoms with van der Waals surface area (Å²) < 4.78 is 5.81. The normalized spacial score (nSPS) is 23.4. The number of piperazine rings is 1. The van der Waals surface area contributed by atoms with E-state index in [2.05, 4.69) is 0 Å². The molecule has 0 spiro atoms. The zero-order chi connectivity index (χ0) is 29.8. The quantitative estimate of drug-likeness (QED) is 0.472. The van der Waals surface area contributed by atoms with Crippen molar-refractivity contribution >= 4 is 34.6 Å². The average molecular weight is 579 g/mol. The predicted octanol–water partition coefficient (Wildman–Crippen LogP) is 4.35. The van der Waals surface area contributed by atoms with Gasteiger partial charge in [0.1, 0.15) is 12.6 Å². The van der Waals surface area contributed by atoms with Crippen LogP contribution in [0.25, 0.3) is 10.8 Å². The topological polar surface area (TPSA) is 122 Å².